The van der Waals surface area contributed by atoms with Gasteiger partial charge in [-0.3, -0.25) is 15.0 Å². The van der Waals surface area contributed by atoms with Crippen molar-refractivity contribution in [1.82, 2.24) is 15.5 Å². The summed E-state index contributed by atoms with van der Waals surface area (Å²) in [5, 5.41) is 5.26. The topological polar surface area (TPSA) is 87.5 Å². The standard InChI is InChI=1S/C11H22N4O2/c1-13-8-9-4-2-3-6-15(9)7-5-10(16)14-11(12)17/h9,13H,2-8H2,1H3,(H3,12,14,16,17). The van der Waals surface area contributed by atoms with Crippen LogP contribution >= 0.6 is 0 Å². The van der Waals surface area contributed by atoms with Crippen LogP contribution in [0, 0.1) is 0 Å². The number of hydrogen-bond acceptors (Lipinski definition) is 4. The van der Waals surface area contributed by atoms with Crippen LogP contribution in [0.25, 0.3) is 0 Å². The molecule has 1 aliphatic rings. The lowest BCUT2D eigenvalue weighted by molar-refractivity contribution is -0.120. The molecule has 1 aliphatic heterocycles. The lowest BCUT2D eigenvalue weighted by Crippen LogP contribution is -2.46. The van der Waals surface area contributed by atoms with Crippen LogP contribution < -0.4 is 16.4 Å². The lowest BCUT2D eigenvalue weighted by atomic mass is 10.0. The number of nitrogens with one attached hydrogen (secondary N) is 2. The molecule has 1 fully saturated rings. The molecular formula is C11H22N4O2. The highest BCUT2D eigenvalue weighted by Gasteiger charge is 2.21. The molecule has 0 spiro atoms. The van der Waals surface area contributed by atoms with Crippen molar-refractivity contribution in [2.45, 2.75) is 31.7 Å². The number of nitrogens with two attached hydrogens (primary N) is 1. The highest BCUT2D eigenvalue weighted by molar-refractivity contribution is 5.93. The Labute approximate surface area is 102 Å². The van der Waals surface area contributed by atoms with Crippen molar-refractivity contribution in [3.8, 4) is 0 Å². The van der Waals surface area contributed by atoms with Gasteiger partial charge in [0.1, 0.15) is 0 Å². The number of likely N-dealkylation sites (N-methyl/N-ethyl adjacent to an activating group) is 1. The zero-order valence-corrected chi connectivity index (χ0v) is 10.4. The average molecular weight is 242 g/mol. The van der Waals surface area contributed by atoms with Crippen molar-refractivity contribution in [2.75, 3.05) is 26.7 Å². The Morgan fingerprint density at radius 1 is 1.41 bits per heavy atom. The van der Waals surface area contributed by atoms with Crippen LogP contribution in [-0.2, 0) is 4.79 Å². The van der Waals surface area contributed by atoms with Crippen LogP contribution in [0.2, 0.25) is 0 Å². The predicted molar refractivity (Wildman–Crippen MR) is 65.5 cm³/mol. The van der Waals surface area contributed by atoms with E-state index < -0.39 is 6.03 Å². The fourth-order valence-corrected chi connectivity index (χ4v) is 2.27. The van der Waals surface area contributed by atoms with Crippen LogP contribution in [0.3, 0.4) is 0 Å². The van der Waals surface area contributed by atoms with Gasteiger partial charge in [0.25, 0.3) is 0 Å². The normalized spacial score (nSPS) is 21.1. The maximum Gasteiger partial charge on any atom is 0.318 e. The first-order valence-electron chi connectivity index (χ1n) is 6.11. The zero-order valence-electron chi connectivity index (χ0n) is 10.4. The van der Waals surface area contributed by atoms with Crippen LogP contribution in [-0.4, -0.2) is 49.6 Å². The third kappa shape index (κ3) is 5.14. The van der Waals surface area contributed by atoms with E-state index >= 15 is 0 Å². The number of piperidine rings is 1. The van der Waals surface area contributed by atoms with E-state index in [1.807, 2.05) is 7.05 Å². The van der Waals surface area contributed by atoms with Gasteiger partial charge in [-0.2, -0.15) is 0 Å². The fraction of sp³-hybridized carbons (Fsp3) is 0.818. The number of urea groups is 1. The van der Waals surface area contributed by atoms with Crippen molar-refractivity contribution >= 4 is 11.9 Å². The lowest BCUT2D eigenvalue weighted by Gasteiger charge is -2.35. The summed E-state index contributed by atoms with van der Waals surface area (Å²) in [6.07, 6.45) is 3.91. The predicted octanol–water partition coefficient (Wildman–Crippen LogP) is -0.355. The molecule has 1 rings (SSSR count). The molecule has 0 aromatic rings. The summed E-state index contributed by atoms with van der Waals surface area (Å²) in [5.74, 6) is -0.300. The second-order valence-electron chi connectivity index (χ2n) is 4.41. The molecule has 0 aromatic carbocycles. The third-order valence-electron chi connectivity index (χ3n) is 3.08. The molecule has 1 saturated heterocycles. The third-order valence-corrected chi connectivity index (χ3v) is 3.08. The molecule has 1 heterocycles. The van der Waals surface area contributed by atoms with Crippen molar-refractivity contribution < 1.29 is 9.59 Å². The van der Waals surface area contributed by atoms with E-state index in [0.717, 1.165) is 19.5 Å². The summed E-state index contributed by atoms with van der Waals surface area (Å²) in [6.45, 7) is 2.65. The first-order valence-corrected chi connectivity index (χ1v) is 6.11. The van der Waals surface area contributed by atoms with Gasteiger partial charge in [-0.05, 0) is 26.4 Å². The van der Waals surface area contributed by atoms with Gasteiger partial charge in [0.05, 0.1) is 0 Å². The number of likely N-dealkylation sites (tertiary alicyclic amines) is 1. The van der Waals surface area contributed by atoms with E-state index in [2.05, 4.69) is 15.5 Å². The minimum absolute atomic E-state index is 0.300. The van der Waals surface area contributed by atoms with Gasteiger partial charge in [0, 0.05) is 25.6 Å². The van der Waals surface area contributed by atoms with Gasteiger partial charge < -0.3 is 11.1 Å². The van der Waals surface area contributed by atoms with Crippen molar-refractivity contribution in [2.24, 2.45) is 5.73 Å². The number of amides is 3. The zero-order chi connectivity index (χ0) is 12.7. The molecule has 1 atom stereocenters. The Kier molecular flexibility index (Phi) is 5.93. The second-order valence-corrected chi connectivity index (χ2v) is 4.41. The Morgan fingerprint density at radius 2 is 2.18 bits per heavy atom. The largest absolute Gasteiger partial charge is 0.351 e. The second kappa shape index (κ2) is 7.24. The minimum atomic E-state index is -0.777. The molecule has 0 saturated carbocycles. The monoisotopic (exact) mass is 242 g/mol. The number of primary amides is 1. The Balaban J connectivity index is 2.32. The first kappa shape index (κ1) is 13.9. The van der Waals surface area contributed by atoms with Crippen molar-refractivity contribution in [3.05, 3.63) is 0 Å². The Morgan fingerprint density at radius 3 is 2.82 bits per heavy atom. The summed E-state index contributed by atoms with van der Waals surface area (Å²) in [6, 6.07) is -0.282. The molecular weight excluding hydrogens is 220 g/mol. The van der Waals surface area contributed by atoms with Crippen LogP contribution in [0.1, 0.15) is 25.7 Å². The van der Waals surface area contributed by atoms with Crippen LogP contribution in [0.4, 0.5) is 4.79 Å². The Hall–Kier alpha value is -1.14. The van der Waals surface area contributed by atoms with Gasteiger partial charge in [-0.15, -0.1) is 0 Å². The van der Waals surface area contributed by atoms with E-state index in [4.69, 9.17) is 5.73 Å². The molecule has 17 heavy (non-hydrogen) atoms. The summed E-state index contributed by atoms with van der Waals surface area (Å²) in [5.41, 5.74) is 4.88. The molecule has 3 amide bonds. The van der Waals surface area contributed by atoms with Gasteiger partial charge in [0.15, 0.2) is 0 Å². The number of carbonyl (C=O) groups excluding carboxylic acids is 2. The highest BCUT2D eigenvalue weighted by Crippen LogP contribution is 2.16. The summed E-state index contributed by atoms with van der Waals surface area (Å²) in [7, 11) is 1.94. The number of hydrogen-bond donors (Lipinski definition) is 3. The molecule has 6 nitrogen and oxygen atoms in total. The summed E-state index contributed by atoms with van der Waals surface area (Å²) < 4.78 is 0. The number of carbonyl (C=O) groups is 2. The maximum atomic E-state index is 11.3. The van der Waals surface area contributed by atoms with Gasteiger partial charge in [-0.25, -0.2) is 4.79 Å². The molecule has 4 N–H and O–H groups in total. The molecule has 0 aliphatic carbocycles. The van der Waals surface area contributed by atoms with E-state index in [9.17, 15) is 9.59 Å². The summed E-state index contributed by atoms with van der Waals surface area (Å²) >= 11 is 0. The summed E-state index contributed by atoms with van der Waals surface area (Å²) in [4.78, 5) is 24.1. The van der Waals surface area contributed by atoms with Crippen molar-refractivity contribution in [3.63, 3.8) is 0 Å². The van der Waals surface area contributed by atoms with Gasteiger partial charge in [0.2, 0.25) is 5.91 Å². The SMILES string of the molecule is CNCC1CCCCN1CCC(=O)NC(N)=O. The van der Waals surface area contributed by atoms with E-state index in [1.54, 1.807) is 0 Å². The molecule has 0 radical (unpaired) electrons. The fourth-order valence-electron chi connectivity index (χ4n) is 2.27. The maximum absolute atomic E-state index is 11.3. The Bertz CT molecular complexity index is 268. The van der Waals surface area contributed by atoms with Crippen LogP contribution in [0.5, 0.6) is 0 Å². The quantitative estimate of drug-likeness (QED) is 0.614. The van der Waals surface area contributed by atoms with Gasteiger partial charge >= 0.3 is 6.03 Å². The number of nitrogens with zero attached hydrogens (tertiary/aromatic N) is 1. The number of rotatable bonds is 5. The average Bonchev–Trinajstić information content (AvgIpc) is 2.27. The van der Waals surface area contributed by atoms with E-state index in [-0.39, 0.29) is 5.91 Å². The molecule has 1 unspecified atom stereocenters. The van der Waals surface area contributed by atoms with E-state index in [1.165, 1.54) is 12.8 Å². The van der Waals surface area contributed by atoms with E-state index in [0.29, 0.717) is 19.0 Å². The smallest absolute Gasteiger partial charge is 0.318 e. The minimum Gasteiger partial charge on any atom is -0.351 e. The van der Waals surface area contributed by atoms with Crippen molar-refractivity contribution in [1.29, 1.82) is 0 Å². The molecule has 98 valence electrons. The first-order chi connectivity index (χ1) is 8.13. The van der Waals surface area contributed by atoms with Crippen LogP contribution in [0.15, 0.2) is 0 Å². The van der Waals surface area contributed by atoms with Gasteiger partial charge in [-0.1, -0.05) is 6.42 Å². The molecule has 6 heteroatoms. The number of imide groups is 1. The highest BCUT2D eigenvalue weighted by atomic mass is 16.2. The molecule has 0 bridgehead atoms. The molecule has 0 aromatic heterocycles.